The smallest absolute Gasteiger partial charge is 0.247 e. The van der Waals surface area contributed by atoms with Gasteiger partial charge in [-0.05, 0) is 36.2 Å². The molecule has 1 aromatic carbocycles. The minimum atomic E-state index is -3.68. The number of amides is 1. The molecule has 0 aliphatic heterocycles. The SMILES string of the molecule is COc1cccc(CCC(=O)NCc2ccc(S(N)(=O)=O)s2)c1. The van der Waals surface area contributed by atoms with Gasteiger partial charge >= 0.3 is 0 Å². The largest absolute Gasteiger partial charge is 0.497 e. The molecular weight excluding hydrogens is 336 g/mol. The number of hydrogen-bond donors (Lipinski definition) is 2. The number of thiophene rings is 1. The first-order valence-electron chi connectivity index (χ1n) is 6.89. The van der Waals surface area contributed by atoms with E-state index >= 15 is 0 Å². The highest BCUT2D eigenvalue weighted by Gasteiger charge is 2.11. The van der Waals surface area contributed by atoms with Crippen LogP contribution < -0.4 is 15.2 Å². The lowest BCUT2D eigenvalue weighted by molar-refractivity contribution is -0.121. The quantitative estimate of drug-likeness (QED) is 0.790. The van der Waals surface area contributed by atoms with Crippen LogP contribution in [0.15, 0.2) is 40.6 Å². The molecule has 0 saturated carbocycles. The topological polar surface area (TPSA) is 98.5 Å². The van der Waals surface area contributed by atoms with Gasteiger partial charge in [0.05, 0.1) is 13.7 Å². The lowest BCUT2D eigenvalue weighted by atomic mass is 10.1. The molecule has 0 fully saturated rings. The Kier molecular flexibility index (Phi) is 5.75. The summed E-state index contributed by atoms with van der Waals surface area (Å²) in [6, 6.07) is 10.7. The van der Waals surface area contributed by atoms with Gasteiger partial charge in [-0.15, -0.1) is 11.3 Å². The summed E-state index contributed by atoms with van der Waals surface area (Å²) in [7, 11) is -2.08. The number of nitrogens with two attached hydrogens (primary N) is 1. The number of rotatable bonds is 7. The molecule has 1 heterocycles. The van der Waals surface area contributed by atoms with Crippen LogP contribution >= 0.6 is 11.3 Å². The summed E-state index contributed by atoms with van der Waals surface area (Å²) in [5.41, 5.74) is 1.02. The monoisotopic (exact) mass is 354 g/mol. The molecule has 124 valence electrons. The number of aryl methyl sites for hydroxylation is 1. The van der Waals surface area contributed by atoms with Crippen LogP contribution in [-0.4, -0.2) is 21.4 Å². The van der Waals surface area contributed by atoms with E-state index < -0.39 is 10.0 Å². The molecule has 1 amide bonds. The maximum atomic E-state index is 11.9. The van der Waals surface area contributed by atoms with Crippen molar-refractivity contribution < 1.29 is 17.9 Å². The molecule has 2 aromatic rings. The van der Waals surface area contributed by atoms with Crippen LogP contribution in [0.3, 0.4) is 0 Å². The maximum Gasteiger partial charge on any atom is 0.247 e. The lowest BCUT2D eigenvalue weighted by Gasteiger charge is -2.05. The number of nitrogens with one attached hydrogen (secondary N) is 1. The van der Waals surface area contributed by atoms with Crippen molar-refractivity contribution in [3.05, 3.63) is 46.8 Å². The fourth-order valence-corrected chi connectivity index (χ4v) is 3.68. The third-order valence-electron chi connectivity index (χ3n) is 3.15. The van der Waals surface area contributed by atoms with Gasteiger partial charge < -0.3 is 10.1 Å². The van der Waals surface area contributed by atoms with E-state index in [4.69, 9.17) is 9.88 Å². The van der Waals surface area contributed by atoms with Gasteiger partial charge in [0.15, 0.2) is 0 Å². The number of primary sulfonamides is 1. The van der Waals surface area contributed by atoms with Crippen molar-refractivity contribution in [2.75, 3.05) is 7.11 Å². The van der Waals surface area contributed by atoms with Gasteiger partial charge in [-0.1, -0.05) is 12.1 Å². The average molecular weight is 354 g/mol. The molecule has 1 aromatic heterocycles. The number of ether oxygens (including phenoxy) is 1. The fourth-order valence-electron chi connectivity index (χ4n) is 1.97. The van der Waals surface area contributed by atoms with E-state index in [0.29, 0.717) is 12.8 Å². The second-order valence-electron chi connectivity index (χ2n) is 4.89. The number of hydrogen-bond acceptors (Lipinski definition) is 5. The van der Waals surface area contributed by atoms with Crippen molar-refractivity contribution in [2.24, 2.45) is 5.14 Å². The highest BCUT2D eigenvalue weighted by Crippen LogP contribution is 2.20. The van der Waals surface area contributed by atoms with Gasteiger partial charge in [0.25, 0.3) is 0 Å². The van der Waals surface area contributed by atoms with Crippen LogP contribution in [0.25, 0.3) is 0 Å². The van der Waals surface area contributed by atoms with E-state index in [0.717, 1.165) is 27.5 Å². The van der Waals surface area contributed by atoms with Crippen LogP contribution in [0.2, 0.25) is 0 Å². The summed E-state index contributed by atoms with van der Waals surface area (Å²) in [6.45, 7) is 0.289. The van der Waals surface area contributed by atoms with Crippen molar-refractivity contribution in [3.8, 4) is 5.75 Å². The second-order valence-corrected chi connectivity index (χ2v) is 7.85. The number of benzene rings is 1. The Morgan fingerprint density at radius 3 is 2.74 bits per heavy atom. The molecule has 2 rings (SSSR count). The number of sulfonamides is 1. The Bertz CT molecular complexity index is 784. The zero-order chi connectivity index (χ0) is 16.9. The predicted molar refractivity (Wildman–Crippen MR) is 88.9 cm³/mol. The first kappa shape index (κ1) is 17.5. The molecule has 0 spiro atoms. The molecule has 0 aliphatic rings. The molecule has 0 atom stereocenters. The Balaban J connectivity index is 1.82. The van der Waals surface area contributed by atoms with E-state index in [1.807, 2.05) is 24.3 Å². The Morgan fingerprint density at radius 2 is 2.09 bits per heavy atom. The van der Waals surface area contributed by atoms with E-state index in [2.05, 4.69) is 5.32 Å². The van der Waals surface area contributed by atoms with Crippen LogP contribution in [0.1, 0.15) is 16.9 Å². The molecule has 23 heavy (non-hydrogen) atoms. The molecule has 0 saturated heterocycles. The summed E-state index contributed by atoms with van der Waals surface area (Å²) in [5, 5.41) is 7.81. The molecule has 3 N–H and O–H groups in total. The standard InChI is InChI=1S/C15H18N2O4S2/c1-21-12-4-2-3-11(9-12)5-7-14(18)17-10-13-6-8-15(22-13)23(16,19)20/h2-4,6,8-9H,5,7,10H2,1H3,(H,17,18)(H2,16,19,20). The van der Waals surface area contributed by atoms with Gasteiger partial charge in [-0.3, -0.25) is 4.79 Å². The summed E-state index contributed by atoms with van der Waals surface area (Å²) in [4.78, 5) is 12.6. The highest BCUT2D eigenvalue weighted by molar-refractivity contribution is 7.91. The lowest BCUT2D eigenvalue weighted by Crippen LogP contribution is -2.22. The van der Waals surface area contributed by atoms with Crippen LogP contribution in [0.5, 0.6) is 5.75 Å². The molecule has 0 aliphatic carbocycles. The summed E-state index contributed by atoms with van der Waals surface area (Å²) < 4.78 is 27.6. The van der Waals surface area contributed by atoms with E-state index in [1.165, 1.54) is 6.07 Å². The molecule has 8 heteroatoms. The first-order chi connectivity index (χ1) is 10.9. The van der Waals surface area contributed by atoms with Gasteiger partial charge in [-0.25, -0.2) is 13.6 Å². The average Bonchev–Trinajstić information content (AvgIpc) is 3.00. The van der Waals surface area contributed by atoms with Crippen LogP contribution in [0.4, 0.5) is 0 Å². The zero-order valence-electron chi connectivity index (χ0n) is 12.6. The summed E-state index contributed by atoms with van der Waals surface area (Å²) in [6.07, 6.45) is 0.955. The maximum absolute atomic E-state index is 11.9. The van der Waals surface area contributed by atoms with Crippen molar-refractivity contribution >= 4 is 27.3 Å². The molecule has 0 radical (unpaired) electrons. The molecule has 0 bridgehead atoms. The van der Waals surface area contributed by atoms with E-state index in [1.54, 1.807) is 13.2 Å². The van der Waals surface area contributed by atoms with Gasteiger partial charge in [0, 0.05) is 11.3 Å². The third-order valence-corrected chi connectivity index (χ3v) is 5.68. The van der Waals surface area contributed by atoms with Crippen molar-refractivity contribution in [3.63, 3.8) is 0 Å². The Hall–Kier alpha value is -1.90. The third kappa shape index (κ3) is 5.34. The van der Waals surface area contributed by atoms with Crippen LogP contribution in [-0.2, 0) is 27.8 Å². The molecule has 6 nitrogen and oxygen atoms in total. The van der Waals surface area contributed by atoms with Crippen molar-refractivity contribution in [2.45, 2.75) is 23.6 Å². The van der Waals surface area contributed by atoms with Crippen LogP contribution in [0, 0.1) is 0 Å². The molecule has 0 unspecified atom stereocenters. The second kappa shape index (κ2) is 7.58. The van der Waals surface area contributed by atoms with Gasteiger partial charge in [0.2, 0.25) is 15.9 Å². The van der Waals surface area contributed by atoms with Crippen molar-refractivity contribution in [1.82, 2.24) is 5.32 Å². The molecular formula is C15H18N2O4S2. The Labute approximate surface area is 139 Å². The van der Waals surface area contributed by atoms with E-state index in [9.17, 15) is 13.2 Å². The number of methoxy groups -OCH3 is 1. The predicted octanol–water partition coefficient (Wildman–Crippen LogP) is 1.65. The highest BCUT2D eigenvalue weighted by atomic mass is 32.2. The number of carbonyl (C=O) groups excluding carboxylic acids is 1. The normalized spacial score (nSPS) is 11.2. The minimum absolute atomic E-state index is 0.0955. The Morgan fingerprint density at radius 1 is 1.30 bits per heavy atom. The summed E-state index contributed by atoms with van der Waals surface area (Å²) >= 11 is 1.06. The zero-order valence-corrected chi connectivity index (χ0v) is 14.2. The van der Waals surface area contributed by atoms with Gasteiger partial charge in [0.1, 0.15) is 9.96 Å². The number of carbonyl (C=O) groups is 1. The van der Waals surface area contributed by atoms with Gasteiger partial charge in [-0.2, -0.15) is 0 Å². The first-order valence-corrected chi connectivity index (χ1v) is 9.26. The summed E-state index contributed by atoms with van der Waals surface area (Å²) in [5.74, 6) is 0.662. The van der Waals surface area contributed by atoms with Crippen molar-refractivity contribution in [1.29, 1.82) is 0 Å². The van der Waals surface area contributed by atoms with E-state index in [-0.39, 0.29) is 16.7 Å². The minimum Gasteiger partial charge on any atom is -0.497 e. The fraction of sp³-hybridized carbons (Fsp3) is 0.267.